The number of piperazine rings is 1. The molecule has 0 N–H and O–H groups in total. The Morgan fingerprint density at radius 3 is 2.27 bits per heavy atom. The lowest BCUT2D eigenvalue weighted by atomic mass is 10.2. The van der Waals surface area contributed by atoms with Gasteiger partial charge in [0.1, 0.15) is 0 Å². The zero-order chi connectivity index (χ0) is 18.4. The van der Waals surface area contributed by atoms with E-state index in [-0.39, 0.29) is 11.8 Å². The Kier molecular flexibility index (Phi) is 7.28. The van der Waals surface area contributed by atoms with Gasteiger partial charge in [-0.2, -0.15) is 0 Å². The molecule has 7 heteroatoms. The summed E-state index contributed by atoms with van der Waals surface area (Å²) in [5.74, 6) is 0.294. The van der Waals surface area contributed by atoms with Crippen LogP contribution in [0, 0.1) is 0 Å². The van der Waals surface area contributed by atoms with E-state index in [0.717, 1.165) is 47.7 Å². The van der Waals surface area contributed by atoms with Gasteiger partial charge < -0.3 is 9.80 Å². The first-order chi connectivity index (χ1) is 12.6. The highest BCUT2D eigenvalue weighted by Gasteiger charge is 2.23. The molecule has 5 nitrogen and oxygen atoms in total. The summed E-state index contributed by atoms with van der Waals surface area (Å²) >= 11 is 5.03. The van der Waals surface area contributed by atoms with Crippen LogP contribution in [0.2, 0.25) is 0 Å². The topological polar surface area (TPSA) is 43.9 Å². The molecule has 142 valence electrons. The standard InChI is InChI=1S/C19H26BrN3O2S/c20-17-7-5-16(26-17)6-8-18(24)23-13-11-21(12-14-23)15-19(25)22-9-3-1-2-4-10-22/h5-8H,1-4,9-15H2. The fourth-order valence-electron chi connectivity index (χ4n) is 3.41. The molecule has 0 saturated carbocycles. The highest BCUT2D eigenvalue weighted by Crippen LogP contribution is 2.23. The predicted octanol–water partition coefficient (Wildman–Crippen LogP) is 3.07. The molecule has 0 atom stereocenters. The lowest BCUT2D eigenvalue weighted by Crippen LogP contribution is -2.51. The maximum atomic E-state index is 12.5. The van der Waals surface area contributed by atoms with E-state index in [1.807, 2.05) is 28.0 Å². The average Bonchev–Trinajstić information content (AvgIpc) is 2.89. The fraction of sp³-hybridized carbons (Fsp3) is 0.579. The molecule has 1 aromatic rings. The number of halogens is 1. The number of carbonyl (C=O) groups is 2. The van der Waals surface area contributed by atoms with E-state index >= 15 is 0 Å². The van der Waals surface area contributed by atoms with Gasteiger partial charge in [0.15, 0.2) is 0 Å². The van der Waals surface area contributed by atoms with Crippen molar-refractivity contribution >= 4 is 45.2 Å². The maximum absolute atomic E-state index is 12.5. The Labute approximate surface area is 167 Å². The van der Waals surface area contributed by atoms with E-state index < -0.39 is 0 Å². The number of thiophene rings is 1. The number of nitrogens with zero attached hydrogens (tertiary/aromatic N) is 3. The molecule has 2 aliphatic heterocycles. The summed E-state index contributed by atoms with van der Waals surface area (Å²) in [6.07, 6.45) is 8.24. The van der Waals surface area contributed by atoms with Crippen molar-refractivity contribution in [2.24, 2.45) is 0 Å². The summed E-state index contributed by atoms with van der Waals surface area (Å²) in [6, 6.07) is 3.97. The van der Waals surface area contributed by atoms with E-state index in [1.54, 1.807) is 17.4 Å². The third kappa shape index (κ3) is 5.66. The third-order valence-electron chi connectivity index (χ3n) is 4.99. The molecule has 26 heavy (non-hydrogen) atoms. The second kappa shape index (κ2) is 9.67. The highest BCUT2D eigenvalue weighted by molar-refractivity contribution is 9.11. The molecule has 2 amide bonds. The van der Waals surface area contributed by atoms with E-state index in [0.29, 0.717) is 19.6 Å². The lowest BCUT2D eigenvalue weighted by molar-refractivity contribution is -0.133. The molecule has 0 unspecified atom stereocenters. The Hall–Kier alpha value is -1.18. The van der Waals surface area contributed by atoms with Crippen molar-refractivity contribution in [3.63, 3.8) is 0 Å². The summed E-state index contributed by atoms with van der Waals surface area (Å²) in [5, 5.41) is 0. The Balaban J connectivity index is 1.42. The maximum Gasteiger partial charge on any atom is 0.246 e. The monoisotopic (exact) mass is 439 g/mol. The first kappa shape index (κ1) is 19.6. The zero-order valence-corrected chi connectivity index (χ0v) is 17.4. The molecule has 2 fully saturated rings. The minimum Gasteiger partial charge on any atom is -0.342 e. The lowest BCUT2D eigenvalue weighted by Gasteiger charge is -2.34. The molecule has 2 aliphatic rings. The van der Waals surface area contributed by atoms with Gasteiger partial charge in [-0.15, -0.1) is 11.3 Å². The van der Waals surface area contributed by atoms with Crippen molar-refractivity contribution < 1.29 is 9.59 Å². The van der Waals surface area contributed by atoms with E-state index in [1.165, 1.54) is 12.8 Å². The van der Waals surface area contributed by atoms with Crippen LogP contribution in [0.15, 0.2) is 22.0 Å². The van der Waals surface area contributed by atoms with Crippen LogP contribution in [0.4, 0.5) is 0 Å². The quantitative estimate of drug-likeness (QED) is 0.676. The van der Waals surface area contributed by atoms with Crippen molar-refractivity contribution in [1.29, 1.82) is 0 Å². The van der Waals surface area contributed by atoms with Crippen LogP contribution in [-0.2, 0) is 9.59 Å². The van der Waals surface area contributed by atoms with Gasteiger partial charge in [0.25, 0.3) is 0 Å². The number of hydrogen-bond donors (Lipinski definition) is 0. The van der Waals surface area contributed by atoms with Crippen molar-refractivity contribution in [2.75, 3.05) is 45.8 Å². The van der Waals surface area contributed by atoms with Gasteiger partial charge in [-0.25, -0.2) is 0 Å². The van der Waals surface area contributed by atoms with Gasteiger partial charge in [-0.05, 0) is 47.0 Å². The van der Waals surface area contributed by atoms with E-state index in [4.69, 9.17) is 0 Å². The van der Waals surface area contributed by atoms with Crippen LogP contribution in [-0.4, -0.2) is 72.3 Å². The molecule has 3 rings (SSSR count). The average molecular weight is 440 g/mol. The fourth-order valence-corrected chi connectivity index (χ4v) is 4.74. The predicted molar refractivity (Wildman–Crippen MR) is 109 cm³/mol. The van der Waals surface area contributed by atoms with Crippen LogP contribution in [0.25, 0.3) is 6.08 Å². The van der Waals surface area contributed by atoms with Crippen LogP contribution in [0.3, 0.4) is 0 Å². The Morgan fingerprint density at radius 1 is 0.962 bits per heavy atom. The van der Waals surface area contributed by atoms with Crippen LogP contribution in [0.5, 0.6) is 0 Å². The summed E-state index contributed by atoms with van der Waals surface area (Å²) in [6.45, 7) is 5.20. The van der Waals surface area contributed by atoms with Crippen molar-refractivity contribution in [3.05, 3.63) is 26.9 Å². The Bertz CT molecular complexity index is 645. The molecule has 0 aliphatic carbocycles. The first-order valence-corrected chi connectivity index (χ1v) is 11.0. The first-order valence-electron chi connectivity index (χ1n) is 9.34. The smallest absolute Gasteiger partial charge is 0.246 e. The zero-order valence-electron chi connectivity index (χ0n) is 15.0. The van der Waals surface area contributed by atoms with E-state index in [9.17, 15) is 9.59 Å². The molecule has 1 aromatic heterocycles. The minimum atomic E-state index is 0.0491. The molecular weight excluding hydrogens is 414 g/mol. The molecule has 0 spiro atoms. The number of amides is 2. The number of rotatable bonds is 4. The largest absolute Gasteiger partial charge is 0.342 e. The van der Waals surface area contributed by atoms with Gasteiger partial charge in [0.2, 0.25) is 11.8 Å². The number of hydrogen-bond acceptors (Lipinski definition) is 4. The molecule has 0 aromatic carbocycles. The van der Waals surface area contributed by atoms with Crippen molar-refractivity contribution in [1.82, 2.24) is 14.7 Å². The van der Waals surface area contributed by atoms with Crippen LogP contribution >= 0.6 is 27.3 Å². The molecule has 3 heterocycles. The molecule has 0 bridgehead atoms. The van der Waals surface area contributed by atoms with E-state index in [2.05, 4.69) is 20.8 Å². The third-order valence-corrected chi connectivity index (χ3v) is 6.57. The van der Waals surface area contributed by atoms with Crippen LogP contribution < -0.4 is 0 Å². The summed E-state index contributed by atoms with van der Waals surface area (Å²) < 4.78 is 1.06. The van der Waals surface area contributed by atoms with Gasteiger partial charge in [-0.1, -0.05) is 12.8 Å². The van der Waals surface area contributed by atoms with Gasteiger partial charge in [0.05, 0.1) is 10.3 Å². The number of likely N-dealkylation sites (tertiary alicyclic amines) is 1. The SMILES string of the molecule is O=C(C=Cc1ccc(Br)s1)N1CCN(CC(=O)N2CCCCCC2)CC1. The molecule has 0 radical (unpaired) electrons. The van der Waals surface area contributed by atoms with Gasteiger partial charge >= 0.3 is 0 Å². The Morgan fingerprint density at radius 2 is 1.65 bits per heavy atom. The van der Waals surface area contributed by atoms with Gasteiger partial charge in [-0.3, -0.25) is 14.5 Å². The normalized spacial score (nSPS) is 19.7. The highest BCUT2D eigenvalue weighted by atomic mass is 79.9. The van der Waals surface area contributed by atoms with Gasteiger partial charge in [0, 0.05) is 50.2 Å². The summed E-state index contributed by atoms with van der Waals surface area (Å²) in [5.41, 5.74) is 0. The summed E-state index contributed by atoms with van der Waals surface area (Å²) in [4.78, 5) is 31.9. The number of carbonyl (C=O) groups excluding carboxylic acids is 2. The van der Waals surface area contributed by atoms with Crippen molar-refractivity contribution in [2.45, 2.75) is 25.7 Å². The minimum absolute atomic E-state index is 0.0491. The second-order valence-electron chi connectivity index (χ2n) is 6.87. The molecular formula is C19H26BrN3O2S. The molecule has 2 saturated heterocycles. The van der Waals surface area contributed by atoms with Crippen LogP contribution in [0.1, 0.15) is 30.6 Å². The second-order valence-corrected chi connectivity index (χ2v) is 9.37. The van der Waals surface area contributed by atoms with Crippen molar-refractivity contribution in [3.8, 4) is 0 Å². The summed E-state index contributed by atoms with van der Waals surface area (Å²) in [7, 11) is 0.